The zero-order valence-electron chi connectivity index (χ0n) is 15.3. The van der Waals surface area contributed by atoms with E-state index in [-0.39, 0.29) is 36.5 Å². The van der Waals surface area contributed by atoms with Crippen molar-refractivity contribution in [3.8, 4) is 0 Å². The number of amides is 6. The highest BCUT2D eigenvalue weighted by Crippen LogP contribution is 2.30. The van der Waals surface area contributed by atoms with Crippen LogP contribution in [-0.2, 0) is 16.1 Å². The molecular formula is C18H20N4O5. The summed E-state index contributed by atoms with van der Waals surface area (Å²) in [7, 11) is 4.84. The number of fused-ring (bicyclic) bond motifs is 1. The predicted molar refractivity (Wildman–Crippen MR) is 93.7 cm³/mol. The summed E-state index contributed by atoms with van der Waals surface area (Å²) in [6, 6.07) is 3.59. The van der Waals surface area contributed by atoms with Crippen molar-refractivity contribution in [1.29, 1.82) is 0 Å². The first-order valence-corrected chi connectivity index (χ1v) is 8.48. The van der Waals surface area contributed by atoms with E-state index in [1.807, 2.05) is 0 Å². The Bertz CT molecular complexity index is 863. The predicted octanol–water partition coefficient (Wildman–Crippen LogP) is 0.201. The standard InChI is InChI=1S/C18H20N4O5/c1-20(2)18(27)21(3)9-10-5-4-6-11-14(10)17(26)22(16(11)25)12-7-8-13(23)19-15(12)24/h4-6,12H,7-9H2,1-3H3,(H,19,23,24). The van der Waals surface area contributed by atoms with Gasteiger partial charge in [0.2, 0.25) is 11.8 Å². The topological polar surface area (TPSA) is 107 Å². The van der Waals surface area contributed by atoms with E-state index in [2.05, 4.69) is 5.32 Å². The van der Waals surface area contributed by atoms with Crippen LogP contribution in [0.1, 0.15) is 39.1 Å². The van der Waals surface area contributed by atoms with Crippen LogP contribution in [0.2, 0.25) is 0 Å². The molecule has 1 aromatic carbocycles. The number of carbonyl (C=O) groups is 5. The van der Waals surface area contributed by atoms with Crippen molar-refractivity contribution in [2.45, 2.75) is 25.4 Å². The van der Waals surface area contributed by atoms with E-state index in [0.717, 1.165) is 4.90 Å². The largest absolute Gasteiger partial charge is 0.331 e. The van der Waals surface area contributed by atoms with Crippen molar-refractivity contribution in [3.05, 3.63) is 34.9 Å². The van der Waals surface area contributed by atoms with Gasteiger partial charge in [-0.15, -0.1) is 0 Å². The molecule has 2 aliphatic rings. The fraction of sp³-hybridized carbons (Fsp3) is 0.389. The molecule has 0 aromatic heterocycles. The van der Waals surface area contributed by atoms with Crippen molar-refractivity contribution < 1.29 is 24.0 Å². The van der Waals surface area contributed by atoms with Crippen LogP contribution in [0.4, 0.5) is 4.79 Å². The minimum absolute atomic E-state index is 0.0662. The van der Waals surface area contributed by atoms with Crippen molar-refractivity contribution in [1.82, 2.24) is 20.0 Å². The highest BCUT2D eigenvalue weighted by Gasteiger charge is 2.45. The lowest BCUT2D eigenvalue weighted by Gasteiger charge is -2.28. The molecule has 2 heterocycles. The summed E-state index contributed by atoms with van der Waals surface area (Å²) >= 11 is 0. The molecule has 1 unspecified atom stereocenters. The molecule has 27 heavy (non-hydrogen) atoms. The smallest absolute Gasteiger partial charge is 0.319 e. The molecule has 1 atom stereocenters. The summed E-state index contributed by atoms with van der Waals surface area (Å²) < 4.78 is 0. The van der Waals surface area contributed by atoms with E-state index in [9.17, 15) is 24.0 Å². The second-order valence-electron chi connectivity index (χ2n) is 6.82. The molecule has 3 rings (SSSR count). The Labute approximate surface area is 155 Å². The van der Waals surface area contributed by atoms with Gasteiger partial charge in [-0.2, -0.15) is 0 Å². The van der Waals surface area contributed by atoms with Gasteiger partial charge in [-0.3, -0.25) is 29.4 Å². The van der Waals surface area contributed by atoms with Gasteiger partial charge in [-0.05, 0) is 18.1 Å². The highest BCUT2D eigenvalue weighted by atomic mass is 16.2. The zero-order valence-corrected chi connectivity index (χ0v) is 15.3. The van der Waals surface area contributed by atoms with E-state index in [1.54, 1.807) is 33.3 Å². The zero-order chi connectivity index (χ0) is 19.9. The molecule has 142 valence electrons. The van der Waals surface area contributed by atoms with Crippen molar-refractivity contribution in [2.24, 2.45) is 0 Å². The number of nitrogens with zero attached hydrogens (tertiary/aromatic N) is 3. The minimum Gasteiger partial charge on any atom is -0.331 e. The fourth-order valence-corrected chi connectivity index (χ4v) is 3.38. The number of benzene rings is 1. The van der Waals surface area contributed by atoms with E-state index in [4.69, 9.17) is 0 Å². The molecule has 1 N–H and O–H groups in total. The maximum atomic E-state index is 13.0. The number of nitrogens with one attached hydrogen (secondary N) is 1. The number of piperidine rings is 1. The second kappa shape index (κ2) is 6.82. The molecule has 1 fully saturated rings. The Morgan fingerprint density at radius 1 is 1.15 bits per heavy atom. The van der Waals surface area contributed by atoms with Crippen LogP contribution in [0.25, 0.3) is 0 Å². The lowest BCUT2D eigenvalue weighted by molar-refractivity contribution is -0.136. The first-order chi connectivity index (χ1) is 12.7. The van der Waals surface area contributed by atoms with Crippen LogP contribution >= 0.6 is 0 Å². The Morgan fingerprint density at radius 3 is 2.48 bits per heavy atom. The molecule has 9 heteroatoms. The lowest BCUT2D eigenvalue weighted by atomic mass is 10.0. The fourth-order valence-electron chi connectivity index (χ4n) is 3.38. The molecule has 2 aliphatic heterocycles. The second-order valence-corrected chi connectivity index (χ2v) is 6.82. The first kappa shape index (κ1) is 18.6. The van der Waals surface area contributed by atoms with E-state index >= 15 is 0 Å². The summed E-state index contributed by atoms with van der Waals surface area (Å²) in [5.74, 6) is -2.21. The van der Waals surface area contributed by atoms with Crippen molar-refractivity contribution in [3.63, 3.8) is 0 Å². The summed E-state index contributed by atoms with van der Waals surface area (Å²) in [6.07, 6.45) is 0.168. The molecule has 0 bridgehead atoms. The molecular weight excluding hydrogens is 352 g/mol. The van der Waals surface area contributed by atoms with Crippen LogP contribution in [0, 0.1) is 0 Å². The lowest BCUT2D eigenvalue weighted by Crippen LogP contribution is -2.54. The van der Waals surface area contributed by atoms with E-state index < -0.39 is 29.7 Å². The molecule has 0 spiro atoms. The van der Waals surface area contributed by atoms with Gasteiger partial charge in [0.05, 0.1) is 11.1 Å². The summed E-state index contributed by atoms with van der Waals surface area (Å²) in [5, 5.41) is 2.17. The van der Waals surface area contributed by atoms with Gasteiger partial charge < -0.3 is 9.80 Å². The Hall–Kier alpha value is -3.23. The van der Waals surface area contributed by atoms with Gasteiger partial charge in [0.1, 0.15) is 6.04 Å². The molecule has 9 nitrogen and oxygen atoms in total. The molecule has 0 radical (unpaired) electrons. The Morgan fingerprint density at radius 2 is 1.85 bits per heavy atom. The first-order valence-electron chi connectivity index (χ1n) is 8.48. The quantitative estimate of drug-likeness (QED) is 0.763. The SMILES string of the molecule is CN(C)C(=O)N(C)Cc1cccc2c1C(=O)N(C1CCC(=O)NC1=O)C2=O. The maximum Gasteiger partial charge on any atom is 0.319 e. The van der Waals surface area contributed by atoms with Crippen LogP contribution in [0.5, 0.6) is 0 Å². The van der Waals surface area contributed by atoms with Crippen molar-refractivity contribution >= 4 is 29.7 Å². The van der Waals surface area contributed by atoms with E-state index in [1.165, 1.54) is 15.9 Å². The average Bonchev–Trinajstić information content (AvgIpc) is 2.86. The van der Waals surface area contributed by atoms with Crippen LogP contribution < -0.4 is 5.32 Å². The number of carbonyl (C=O) groups excluding carboxylic acids is 5. The average molecular weight is 372 g/mol. The van der Waals surface area contributed by atoms with Crippen molar-refractivity contribution in [2.75, 3.05) is 21.1 Å². The van der Waals surface area contributed by atoms with Gasteiger partial charge in [0.25, 0.3) is 11.8 Å². The van der Waals surface area contributed by atoms with Crippen LogP contribution in [0.15, 0.2) is 18.2 Å². The maximum absolute atomic E-state index is 13.0. The van der Waals surface area contributed by atoms with Gasteiger partial charge in [0, 0.05) is 34.1 Å². The normalized spacial score (nSPS) is 19.1. The third-order valence-corrected chi connectivity index (χ3v) is 4.67. The summed E-state index contributed by atoms with van der Waals surface area (Å²) in [4.78, 5) is 65.0. The monoisotopic (exact) mass is 372 g/mol. The van der Waals surface area contributed by atoms with Crippen LogP contribution in [-0.4, -0.2) is 71.5 Å². The third-order valence-electron chi connectivity index (χ3n) is 4.67. The minimum atomic E-state index is -1.01. The Balaban J connectivity index is 1.92. The number of urea groups is 1. The molecule has 1 aromatic rings. The highest BCUT2D eigenvalue weighted by molar-refractivity contribution is 6.24. The number of hydrogen-bond acceptors (Lipinski definition) is 5. The van der Waals surface area contributed by atoms with E-state index in [0.29, 0.717) is 5.56 Å². The Kier molecular flexibility index (Phi) is 4.69. The van der Waals surface area contributed by atoms with Gasteiger partial charge in [-0.25, -0.2) is 4.79 Å². The molecule has 1 saturated heterocycles. The summed E-state index contributed by atoms with van der Waals surface area (Å²) in [6.45, 7) is 0.141. The molecule has 0 saturated carbocycles. The van der Waals surface area contributed by atoms with Gasteiger partial charge >= 0.3 is 6.03 Å². The number of hydrogen-bond donors (Lipinski definition) is 1. The number of imide groups is 2. The molecule has 0 aliphatic carbocycles. The van der Waals surface area contributed by atoms with Gasteiger partial charge in [0.15, 0.2) is 0 Å². The van der Waals surface area contributed by atoms with Crippen LogP contribution in [0.3, 0.4) is 0 Å². The molecule has 6 amide bonds. The van der Waals surface area contributed by atoms with Gasteiger partial charge in [-0.1, -0.05) is 12.1 Å². The number of rotatable bonds is 3. The third kappa shape index (κ3) is 3.16. The summed E-state index contributed by atoms with van der Waals surface area (Å²) in [5.41, 5.74) is 0.928.